The van der Waals surface area contributed by atoms with Crippen LogP contribution in [0.2, 0.25) is 0 Å². The van der Waals surface area contributed by atoms with Gasteiger partial charge in [-0.3, -0.25) is 9.13 Å². The van der Waals surface area contributed by atoms with E-state index in [2.05, 4.69) is 19.1 Å². The van der Waals surface area contributed by atoms with Crippen LogP contribution in [0, 0.1) is 20.8 Å². The number of phenols is 1. The van der Waals surface area contributed by atoms with Gasteiger partial charge >= 0.3 is 5.69 Å². The Morgan fingerprint density at radius 3 is 2.21 bits per heavy atom. The van der Waals surface area contributed by atoms with E-state index in [-0.39, 0.29) is 11.4 Å². The molecule has 0 aliphatic carbocycles. The van der Waals surface area contributed by atoms with E-state index in [1.54, 1.807) is 36.9 Å². The maximum absolute atomic E-state index is 12.8. The number of ether oxygens (including phenoxy) is 1. The number of methoxy groups -OCH3 is 1. The molecule has 0 unspecified atom stereocenters. The molecular formula is C22H25N3O3. The van der Waals surface area contributed by atoms with Gasteiger partial charge in [-0.1, -0.05) is 17.7 Å². The Labute approximate surface area is 164 Å². The first-order valence-corrected chi connectivity index (χ1v) is 9.00. The van der Waals surface area contributed by atoms with Crippen molar-refractivity contribution in [1.82, 2.24) is 9.13 Å². The number of hydrogen-bond acceptors (Lipinski definition) is 4. The molecule has 2 aromatic carbocycles. The van der Waals surface area contributed by atoms with Crippen molar-refractivity contribution in [2.45, 2.75) is 20.8 Å². The molecule has 0 saturated carbocycles. The van der Waals surface area contributed by atoms with Crippen molar-refractivity contribution in [3.8, 4) is 22.8 Å². The zero-order valence-electron chi connectivity index (χ0n) is 17.1. The molecule has 1 N–H and O–H groups in total. The zero-order valence-corrected chi connectivity index (χ0v) is 17.1. The van der Waals surface area contributed by atoms with Crippen LogP contribution in [0.1, 0.15) is 16.7 Å². The van der Waals surface area contributed by atoms with E-state index < -0.39 is 0 Å². The summed E-state index contributed by atoms with van der Waals surface area (Å²) in [7, 11) is 4.91. The summed E-state index contributed by atoms with van der Waals surface area (Å²) in [4.78, 5) is 17.6. The monoisotopic (exact) mass is 379 g/mol. The quantitative estimate of drug-likeness (QED) is 0.759. The van der Waals surface area contributed by atoms with E-state index >= 15 is 0 Å². The first-order valence-electron chi connectivity index (χ1n) is 9.00. The Morgan fingerprint density at radius 1 is 0.964 bits per heavy atom. The lowest BCUT2D eigenvalue weighted by Gasteiger charge is -2.13. The SMILES string of the molecule is COc1cc(-c2cc(=Nc3c(C)cc(C)cc3C)n(C)c(=O)n2C)ccc1O. The van der Waals surface area contributed by atoms with Gasteiger partial charge in [-0.2, -0.15) is 0 Å². The van der Waals surface area contributed by atoms with Crippen molar-refractivity contribution in [2.75, 3.05) is 7.11 Å². The fraction of sp³-hybridized carbons (Fsp3) is 0.273. The minimum atomic E-state index is -0.189. The Morgan fingerprint density at radius 2 is 1.61 bits per heavy atom. The normalized spacial score (nSPS) is 11.7. The predicted octanol–water partition coefficient (Wildman–Crippen LogP) is 3.26. The molecule has 0 saturated heterocycles. The van der Waals surface area contributed by atoms with Gasteiger partial charge in [0, 0.05) is 25.7 Å². The summed E-state index contributed by atoms with van der Waals surface area (Å²) in [5, 5.41) is 9.87. The maximum atomic E-state index is 12.8. The number of rotatable bonds is 3. The topological polar surface area (TPSA) is 68.8 Å². The van der Waals surface area contributed by atoms with E-state index in [1.807, 2.05) is 19.9 Å². The summed E-state index contributed by atoms with van der Waals surface area (Å²) >= 11 is 0. The van der Waals surface area contributed by atoms with E-state index in [0.29, 0.717) is 16.9 Å². The second-order valence-corrected chi connectivity index (χ2v) is 7.03. The fourth-order valence-electron chi connectivity index (χ4n) is 3.43. The van der Waals surface area contributed by atoms with Gasteiger partial charge < -0.3 is 9.84 Å². The molecule has 0 spiro atoms. The number of phenolic OH excluding ortho intramolecular Hbond substituents is 1. The molecule has 146 valence electrons. The molecule has 3 rings (SSSR count). The molecule has 0 amide bonds. The minimum absolute atomic E-state index is 0.0496. The lowest BCUT2D eigenvalue weighted by Crippen LogP contribution is -2.37. The molecule has 0 atom stereocenters. The number of aryl methyl sites for hydroxylation is 3. The molecule has 0 aliphatic rings. The van der Waals surface area contributed by atoms with Gasteiger partial charge in [-0.15, -0.1) is 0 Å². The van der Waals surface area contributed by atoms with Crippen molar-refractivity contribution in [3.63, 3.8) is 0 Å². The first-order chi connectivity index (χ1) is 13.2. The van der Waals surface area contributed by atoms with Gasteiger partial charge in [0.25, 0.3) is 0 Å². The van der Waals surface area contributed by atoms with Crippen molar-refractivity contribution in [3.05, 3.63) is 69.1 Å². The maximum Gasteiger partial charge on any atom is 0.329 e. The van der Waals surface area contributed by atoms with Gasteiger partial charge in [0.15, 0.2) is 11.5 Å². The van der Waals surface area contributed by atoms with Gasteiger partial charge in [-0.25, -0.2) is 9.79 Å². The number of aromatic hydroxyl groups is 1. The smallest absolute Gasteiger partial charge is 0.329 e. The van der Waals surface area contributed by atoms with Crippen LogP contribution in [0.15, 0.2) is 46.2 Å². The van der Waals surface area contributed by atoms with Crippen LogP contribution in [0.25, 0.3) is 11.3 Å². The highest BCUT2D eigenvalue weighted by molar-refractivity contribution is 5.64. The third-order valence-corrected chi connectivity index (χ3v) is 4.88. The average molecular weight is 379 g/mol. The Hall–Kier alpha value is -3.28. The molecule has 0 fully saturated rings. The van der Waals surface area contributed by atoms with Crippen molar-refractivity contribution in [2.24, 2.45) is 19.1 Å². The fourth-order valence-corrected chi connectivity index (χ4v) is 3.43. The Bertz CT molecular complexity index is 1160. The summed E-state index contributed by atoms with van der Waals surface area (Å²) in [5.41, 5.74) is 5.97. The predicted molar refractivity (Wildman–Crippen MR) is 110 cm³/mol. The molecule has 0 bridgehead atoms. The van der Waals surface area contributed by atoms with Gasteiger partial charge in [0.1, 0.15) is 5.49 Å². The van der Waals surface area contributed by atoms with Crippen molar-refractivity contribution in [1.29, 1.82) is 0 Å². The summed E-state index contributed by atoms with van der Waals surface area (Å²) in [6, 6.07) is 11.0. The van der Waals surface area contributed by atoms with E-state index in [0.717, 1.165) is 22.4 Å². The highest BCUT2D eigenvalue weighted by Crippen LogP contribution is 2.30. The molecule has 1 heterocycles. The summed E-state index contributed by atoms with van der Waals surface area (Å²) in [6.07, 6.45) is 0. The standard InChI is InChI=1S/C22H25N3O3/c1-13-9-14(2)21(15(3)10-13)23-20-12-17(24(4)22(27)25(20)5)16-7-8-18(26)19(11-16)28-6/h7-12,26H,1-6H3. The molecular weight excluding hydrogens is 354 g/mol. The van der Waals surface area contributed by atoms with Crippen LogP contribution in [-0.2, 0) is 14.1 Å². The van der Waals surface area contributed by atoms with Gasteiger partial charge in [0.2, 0.25) is 0 Å². The molecule has 0 aliphatic heterocycles. The van der Waals surface area contributed by atoms with Crippen LogP contribution < -0.4 is 15.9 Å². The number of hydrogen-bond donors (Lipinski definition) is 1. The Balaban J connectivity index is 2.30. The third-order valence-electron chi connectivity index (χ3n) is 4.88. The van der Waals surface area contributed by atoms with Gasteiger partial charge in [-0.05, 0) is 50.1 Å². The Kier molecular flexibility index (Phi) is 5.14. The molecule has 1 aromatic heterocycles. The van der Waals surface area contributed by atoms with Crippen LogP contribution >= 0.6 is 0 Å². The van der Waals surface area contributed by atoms with Gasteiger partial charge in [0.05, 0.1) is 18.5 Å². The molecule has 6 nitrogen and oxygen atoms in total. The second-order valence-electron chi connectivity index (χ2n) is 7.03. The average Bonchev–Trinajstić information content (AvgIpc) is 2.65. The van der Waals surface area contributed by atoms with Crippen LogP contribution in [0.4, 0.5) is 5.69 Å². The van der Waals surface area contributed by atoms with Crippen molar-refractivity contribution < 1.29 is 9.84 Å². The number of benzene rings is 2. The largest absolute Gasteiger partial charge is 0.504 e. The minimum Gasteiger partial charge on any atom is -0.504 e. The summed E-state index contributed by atoms with van der Waals surface area (Å²) < 4.78 is 8.29. The number of nitrogens with zero attached hydrogens (tertiary/aromatic N) is 3. The molecule has 0 radical (unpaired) electrons. The molecule has 3 aromatic rings. The lowest BCUT2D eigenvalue weighted by atomic mass is 10.1. The first kappa shape index (κ1) is 19.5. The van der Waals surface area contributed by atoms with Crippen LogP contribution in [-0.4, -0.2) is 21.4 Å². The molecule has 28 heavy (non-hydrogen) atoms. The second kappa shape index (κ2) is 7.38. The summed E-state index contributed by atoms with van der Waals surface area (Å²) in [5.74, 6) is 0.399. The van der Waals surface area contributed by atoms with E-state index in [4.69, 9.17) is 9.73 Å². The van der Waals surface area contributed by atoms with Crippen LogP contribution in [0.5, 0.6) is 11.5 Å². The molecule has 6 heteroatoms. The summed E-state index contributed by atoms with van der Waals surface area (Å²) in [6.45, 7) is 6.09. The third kappa shape index (κ3) is 3.45. The van der Waals surface area contributed by atoms with E-state index in [1.165, 1.54) is 17.2 Å². The highest BCUT2D eigenvalue weighted by Gasteiger charge is 2.11. The lowest BCUT2D eigenvalue weighted by molar-refractivity contribution is 0.373. The van der Waals surface area contributed by atoms with E-state index in [9.17, 15) is 9.90 Å². The van der Waals surface area contributed by atoms with Crippen LogP contribution in [0.3, 0.4) is 0 Å². The number of aromatic nitrogens is 2. The van der Waals surface area contributed by atoms with Crippen molar-refractivity contribution >= 4 is 5.69 Å². The highest BCUT2D eigenvalue weighted by atomic mass is 16.5. The zero-order chi connectivity index (χ0) is 20.6.